The standard InChI is InChI=1S/CH3Cl3Si.Ca.2H2O/c2-1(3,4)5;;;/h5H3;;2*1H2/q;+2;;/p-2. The number of rotatable bonds is 0. The van der Waals surface area contributed by atoms with E-state index in [0.29, 0.717) is 10.2 Å². The van der Waals surface area contributed by atoms with Crippen LogP contribution < -0.4 is 0 Å². The third-order valence-electron chi connectivity index (χ3n) is 0. The molecule has 0 aromatic rings. The van der Waals surface area contributed by atoms with Crippen molar-refractivity contribution in [2.24, 2.45) is 0 Å². The van der Waals surface area contributed by atoms with Gasteiger partial charge in [-0.2, -0.15) is 0 Å². The Bertz CT molecular complexity index is 32.8. The van der Waals surface area contributed by atoms with Crippen LogP contribution in [0.4, 0.5) is 0 Å². The average Bonchev–Trinajstić information content (AvgIpc) is 0.722. The Morgan fingerprint density at radius 1 is 1.00 bits per heavy atom. The summed E-state index contributed by atoms with van der Waals surface area (Å²) in [6.07, 6.45) is 0. The van der Waals surface area contributed by atoms with E-state index in [1.165, 1.54) is 0 Å². The van der Waals surface area contributed by atoms with Crippen molar-refractivity contribution in [3.05, 3.63) is 0 Å². The van der Waals surface area contributed by atoms with Crippen LogP contribution in [0.1, 0.15) is 0 Å². The summed E-state index contributed by atoms with van der Waals surface area (Å²) in [5.74, 6) is 0. The topological polar surface area (TPSA) is 60.0 Å². The zero-order valence-electron chi connectivity index (χ0n) is 4.24. The van der Waals surface area contributed by atoms with Gasteiger partial charge in [0.25, 0.3) is 0 Å². The number of halogens is 3. The molecule has 0 amide bonds. The molecule has 2 nitrogen and oxygen atoms in total. The van der Waals surface area contributed by atoms with Gasteiger partial charge in [-0.1, -0.05) is 34.8 Å². The molecule has 0 unspecified atom stereocenters. The second kappa shape index (κ2) is 9.27. The Hall–Kier alpha value is 2.27. The van der Waals surface area contributed by atoms with E-state index in [9.17, 15) is 0 Å². The summed E-state index contributed by atoms with van der Waals surface area (Å²) >= 11 is 15.4. The van der Waals surface area contributed by atoms with Gasteiger partial charge in [-0.15, -0.1) is 0 Å². The summed E-state index contributed by atoms with van der Waals surface area (Å²) in [5, 5.41) is 0. The first-order chi connectivity index (χ1) is 2.00. The van der Waals surface area contributed by atoms with Crippen molar-refractivity contribution in [1.29, 1.82) is 0 Å². The number of alkyl halides is 3. The van der Waals surface area contributed by atoms with Gasteiger partial charge in [0.1, 0.15) is 0 Å². The maximum absolute atomic E-state index is 5.12. The molecule has 0 radical (unpaired) electrons. The maximum atomic E-state index is 5.12. The molecule has 7 heteroatoms. The summed E-state index contributed by atoms with van der Waals surface area (Å²) in [6.45, 7) is 0. The average molecular weight is 224 g/mol. The van der Waals surface area contributed by atoms with E-state index >= 15 is 0 Å². The summed E-state index contributed by atoms with van der Waals surface area (Å²) in [6, 6.07) is 0. The van der Waals surface area contributed by atoms with E-state index < -0.39 is 3.42 Å². The first-order valence-corrected chi connectivity index (χ1v) is 3.20. The van der Waals surface area contributed by atoms with Crippen LogP contribution in [-0.4, -0.2) is 62.3 Å². The van der Waals surface area contributed by atoms with Crippen molar-refractivity contribution in [3.63, 3.8) is 0 Å². The first-order valence-electron chi connectivity index (χ1n) is 1.07. The van der Waals surface area contributed by atoms with E-state index in [4.69, 9.17) is 34.8 Å². The van der Waals surface area contributed by atoms with E-state index in [1.54, 1.807) is 0 Å². The first kappa shape index (κ1) is 22.4. The summed E-state index contributed by atoms with van der Waals surface area (Å²) < 4.78 is -0.944. The van der Waals surface area contributed by atoms with E-state index in [1.807, 2.05) is 0 Å². The molecule has 0 saturated carbocycles. The van der Waals surface area contributed by atoms with Crippen molar-refractivity contribution in [3.8, 4) is 0 Å². The Morgan fingerprint density at radius 3 is 1.00 bits per heavy atom. The monoisotopic (exact) mass is 222 g/mol. The van der Waals surface area contributed by atoms with Crippen molar-refractivity contribution in [2.75, 3.05) is 0 Å². The third-order valence-corrected chi connectivity index (χ3v) is 0. The molecule has 8 heavy (non-hydrogen) atoms. The van der Waals surface area contributed by atoms with Gasteiger partial charge in [0.15, 0.2) is 3.42 Å². The minimum atomic E-state index is -0.944. The van der Waals surface area contributed by atoms with Gasteiger partial charge in [-0.3, -0.25) is 0 Å². The molecule has 48 valence electrons. The van der Waals surface area contributed by atoms with Crippen molar-refractivity contribution in [1.82, 2.24) is 0 Å². The Balaban J connectivity index is -0.0000000267. The molecular weight excluding hydrogens is 219 g/mol. The second-order valence-corrected chi connectivity index (χ2v) is 7.03. The fraction of sp³-hybridized carbons (Fsp3) is 1.00. The molecule has 0 aromatic heterocycles. The molecule has 0 aliphatic carbocycles. The SMILES string of the molecule is [Ca+2].[OH-].[OH-].[SiH3]C(Cl)(Cl)Cl. The molecule has 0 heterocycles. The second-order valence-electron chi connectivity index (χ2n) is 0.781. The molecule has 0 aromatic carbocycles. The predicted molar refractivity (Wildman–Crippen MR) is 39.9 cm³/mol. The Labute approximate surface area is 95.9 Å². The van der Waals surface area contributed by atoms with E-state index in [2.05, 4.69) is 0 Å². The smallest absolute Gasteiger partial charge is 0.870 e. The molecule has 0 atom stereocenters. The van der Waals surface area contributed by atoms with Crippen LogP contribution in [0.2, 0.25) is 0 Å². The normalized spacial score (nSPS) is 7.88. The van der Waals surface area contributed by atoms with E-state index in [0.717, 1.165) is 0 Å². The van der Waals surface area contributed by atoms with Crippen molar-refractivity contribution < 1.29 is 11.0 Å². The quantitative estimate of drug-likeness (QED) is 0.427. The van der Waals surface area contributed by atoms with Crippen LogP contribution >= 0.6 is 34.8 Å². The minimum Gasteiger partial charge on any atom is -0.870 e. The van der Waals surface area contributed by atoms with Crippen molar-refractivity contribution >= 4 is 82.8 Å². The van der Waals surface area contributed by atoms with Crippen LogP contribution in [0.15, 0.2) is 0 Å². The molecule has 0 aliphatic heterocycles. The van der Waals surface area contributed by atoms with Gasteiger partial charge in [0, 0.05) is 0 Å². The fourth-order valence-electron chi connectivity index (χ4n) is 0. The largest absolute Gasteiger partial charge is 2.00 e. The van der Waals surface area contributed by atoms with Gasteiger partial charge in [0.2, 0.25) is 0 Å². The molecule has 0 fully saturated rings. The van der Waals surface area contributed by atoms with Gasteiger partial charge < -0.3 is 11.0 Å². The van der Waals surface area contributed by atoms with Crippen molar-refractivity contribution in [2.45, 2.75) is 3.42 Å². The van der Waals surface area contributed by atoms with Crippen LogP contribution in [-0.2, 0) is 0 Å². The van der Waals surface area contributed by atoms with Crippen LogP contribution in [0.5, 0.6) is 0 Å². The molecule has 2 N–H and O–H groups in total. The molecule has 0 spiro atoms. The number of hydrogen-bond acceptors (Lipinski definition) is 2. The molecule has 0 aliphatic rings. The van der Waals surface area contributed by atoms with Gasteiger partial charge in [-0.05, 0) is 0 Å². The molecule has 0 saturated heterocycles. The van der Waals surface area contributed by atoms with E-state index in [-0.39, 0.29) is 48.7 Å². The summed E-state index contributed by atoms with van der Waals surface area (Å²) in [7, 11) is 0.604. The molecular formula is CH5CaCl3O2Si. The van der Waals surface area contributed by atoms with Crippen LogP contribution in [0.3, 0.4) is 0 Å². The Morgan fingerprint density at radius 2 is 1.00 bits per heavy atom. The number of hydrogen-bond donors (Lipinski definition) is 0. The maximum Gasteiger partial charge on any atom is 2.00 e. The van der Waals surface area contributed by atoms with Crippen LogP contribution in [0, 0.1) is 0 Å². The molecule has 0 bridgehead atoms. The third kappa shape index (κ3) is 85.0. The van der Waals surface area contributed by atoms with Crippen LogP contribution in [0.25, 0.3) is 0 Å². The van der Waals surface area contributed by atoms with Gasteiger partial charge >= 0.3 is 37.7 Å². The zero-order valence-corrected chi connectivity index (χ0v) is 10.7. The van der Waals surface area contributed by atoms with Gasteiger partial charge in [0.05, 0.1) is 10.2 Å². The summed E-state index contributed by atoms with van der Waals surface area (Å²) in [5.41, 5.74) is 0. The Kier molecular flexibility index (Phi) is 26.0. The summed E-state index contributed by atoms with van der Waals surface area (Å²) in [4.78, 5) is 0. The molecule has 0 rings (SSSR count). The zero-order chi connectivity index (χ0) is 4.50. The minimum absolute atomic E-state index is 0. The van der Waals surface area contributed by atoms with Gasteiger partial charge in [-0.25, -0.2) is 0 Å². The fourth-order valence-corrected chi connectivity index (χ4v) is 0. The predicted octanol–water partition coefficient (Wildman–Crippen LogP) is -0.0549.